The van der Waals surface area contributed by atoms with E-state index in [4.69, 9.17) is 16.3 Å². The zero-order chi connectivity index (χ0) is 20.4. The largest absolute Gasteiger partial charge is 0.490 e. The van der Waals surface area contributed by atoms with Crippen molar-refractivity contribution in [2.45, 2.75) is 26.5 Å². The van der Waals surface area contributed by atoms with Crippen LogP contribution in [0.5, 0.6) is 11.5 Å². The number of hydrogen-bond donors (Lipinski definition) is 2. The highest BCUT2D eigenvalue weighted by Crippen LogP contribution is 2.29. The third-order valence-corrected chi connectivity index (χ3v) is 3.93. The van der Waals surface area contributed by atoms with Gasteiger partial charge in [-0.25, -0.2) is 4.98 Å². The van der Waals surface area contributed by atoms with Crippen LogP contribution in [-0.4, -0.2) is 37.8 Å². The van der Waals surface area contributed by atoms with E-state index in [1.807, 2.05) is 6.07 Å². The van der Waals surface area contributed by atoms with Gasteiger partial charge in [0.1, 0.15) is 5.15 Å². The molecule has 29 heavy (non-hydrogen) atoms. The molecule has 1 heterocycles. The van der Waals surface area contributed by atoms with Crippen LogP contribution in [0.4, 0.5) is 8.78 Å². The Morgan fingerprint density at radius 1 is 1.17 bits per heavy atom. The molecule has 0 bridgehead atoms. The highest BCUT2D eigenvalue weighted by Gasteiger charge is 2.11. The third kappa shape index (κ3) is 8.99. The summed E-state index contributed by atoms with van der Waals surface area (Å²) in [6.07, 6.45) is 2.50. The molecule has 0 amide bonds. The van der Waals surface area contributed by atoms with Crippen LogP contribution < -0.4 is 20.1 Å². The number of nitrogens with zero attached hydrogens (tertiary/aromatic N) is 2. The van der Waals surface area contributed by atoms with Crippen LogP contribution in [-0.2, 0) is 13.0 Å². The van der Waals surface area contributed by atoms with Crippen molar-refractivity contribution in [2.75, 3.05) is 20.2 Å². The zero-order valence-corrected chi connectivity index (χ0v) is 19.2. The van der Waals surface area contributed by atoms with Gasteiger partial charge in [-0.05, 0) is 42.7 Å². The number of guanidine groups is 1. The van der Waals surface area contributed by atoms with E-state index in [1.165, 1.54) is 6.07 Å². The molecule has 2 N–H and O–H groups in total. The predicted octanol–water partition coefficient (Wildman–Crippen LogP) is 4.26. The Bertz CT molecular complexity index is 779. The summed E-state index contributed by atoms with van der Waals surface area (Å²) in [4.78, 5) is 8.21. The second kappa shape index (κ2) is 13.4. The average molecular weight is 541 g/mol. The molecule has 0 atom stereocenters. The van der Waals surface area contributed by atoms with Gasteiger partial charge in [-0.15, -0.1) is 24.0 Å². The molecule has 160 valence electrons. The molecule has 1 aromatic heterocycles. The lowest BCUT2D eigenvalue weighted by molar-refractivity contribution is -0.0514. The number of alkyl halides is 2. The molecule has 10 heteroatoms. The minimum atomic E-state index is -2.90. The fourth-order valence-corrected chi connectivity index (χ4v) is 2.52. The lowest BCUT2D eigenvalue weighted by Crippen LogP contribution is -2.37. The summed E-state index contributed by atoms with van der Waals surface area (Å²) < 4.78 is 34.8. The SMILES string of the molecule is CCOc1cc(CNC(=NC)NCCc2ccc(Cl)nc2)ccc1OC(F)F.I. The molecule has 0 aliphatic rings. The van der Waals surface area contributed by atoms with Gasteiger partial charge in [0.15, 0.2) is 17.5 Å². The molecule has 0 fully saturated rings. The van der Waals surface area contributed by atoms with E-state index >= 15 is 0 Å². The fourth-order valence-electron chi connectivity index (χ4n) is 2.41. The van der Waals surface area contributed by atoms with E-state index in [2.05, 4.69) is 25.3 Å². The summed E-state index contributed by atoms with van der Waals surface area (Å²) in [7, 11) is 1.67. The lowest BCUT2D eigenvalue weighted by atomic mass is 10.2. The molecule has 2 rings (SSSR count). The van der Waals surface area contributed by atoms with Gasteiger partial charge in [-0.2, -0.15) is 8.78 Å². The van der Waals surface area contributed by atoms with Crippen LogP contribution in [0.2, 0.25) is 5.15 Å². The van der Waals surface area contributed by atoms with Crippen molar-refractivity contribution >= 4 is 41.5 Å². The van der Waals surface area contributed by atoms with Crippen LogP contribution in [0.1, 0.15) is 18.1 Å². The Balaban J connectivity index is 0.00000420. The Morgan fingerprint density at radius 3 is 2.55 bits per heavy atom. The van der Waals surface area contributed by atoms with E-state index in [9.17, 15) is 8.78 Å². The second-order valence-corrected chi connectivity index (χ2v) is 6.07. The van der Waals surface area contributed by atoms with E-state index < -0.39 is 6.61 Å². The van der Waals surface area contributed by atoms with E-state index in [0.717, 1.165) is 17.5 Å². The number of ether oxygens (including phenoxy) is 2. The Hall–Kier alpha value is -1.88. The van der Waals surface area contributed by atoms with Crippen molar-refractivity contribution in [2.24, 2.45) is 4.99 Å². The van der Waals surface area contributed by atoms with Gasteiger partial charge in [-0.1, -0.05) is 23.7 Å². The van der Waals surface area contributed by atoms with Gasteiger partial charge in [0.05, 0.1) is 6.61 Å². The van der Waals surface area contributed by atoms with Gasteiger partial charge < -0.3 is 20.1 Å². The maximum atomic E-state index is 12.5. The van der Waals surface area contributed by atoms with Gasteiger partial charge in [0.25, 0.3) is 0 Å². The summed E-state index contributed by atoms with van der Waals surface area (Å²) in [6, 6.07) is 8.51. The van der Waals surface area contributed by atoms with Crippen molar-refractivity contribution < 1.29 is 18.3 Å². The van der Waals surface area contributed by atoms with Crippen LogP contribution in [0, 0.1) is 0 Å². The minimum Gasteiger partial charge on any atom is -0.490 e. The molecular weight excluding hydrogens is 517 g/mol. The molecule has 1 aromatic carbocycles. The number of aromatic nitrogens is 1. The molecular formula is C19H24ClF2IN4O2. The average Bonchev–Trinajstić information content (AvgIpc) is 2.67. The standard InChI is InChI=1S/C19H23ClF2N4O2.HI/c1-3-27-16-10-14(4-6-15(16)28-18(21)22)12-26-19(23-2)24-9-8-13-5-7-17(20)25-11-13;/h4-7,10-11,18H,3,8-9,12H2,1-2H3,(H2,23,24,26);1H. The van der Waals surface area contributed by atoms with Crippen molar-refractivity contribution in [3.63, 3.8) is 0 Å². The topological polar surface area (TPSA) is 67.8 Å². The number of aliphatic imine (C=N–C) groups is 1. The first-order valence-corrected chi connectivity index (χ1v) is 9.15. The van der Waals surface area contributed by atoms with Gasteiger partial charge >= 0.3 is 6.61 Å². The molecule has 0 spiro atoms. The first-order valence-electron chi connectivity index (χ1n) is 8.77. The molecule has 0 aliphatic carbocycles. The number of pyridine rings is 1. The molecule has 2 aromatic rings. The highest BCUT2D eigenvalue weighted by molar-refractivity contribution is 14.0. The van der Waals surface area contributed by atoms with Crippen molar-refractivity contribution in [1.29, 1.82) is 0 Å². The Kier molecular flexibility index (Phi) is 11.6. The summed E-state index contributed by atoms with van der Waals surface area (Å²) >= 11 is 5.77. The van der Waals surface area contributed by atoms with Crippen LogP contribution in [0.25, 0.3) is 0 Å². The quantitative estimate of drug-likeness (QED) is 0.215. The first-order chi connectivity index (χ1) is 13.5. The molecule has 0 saturated carbocycles. The number of benzene rings is 1. The van der Waals surface area contributed by atoms with Gasteiger partial charge in [0, 0.05) is 26.3 Å². The summed E-state index contributed by atoms with van der Waals surface area (Å²) in [6.45, 7) is 0.325. The molecule has 6 nitrogen and oxygen atoms in total. The number of halogens is 4. The van der Waals surface area contributed by atoms with Crippen LogP contribution >= 0.6 is 35.6 Å². The number of rotatable bonds is 9. The highest BCUT2D eigenvalue weighted by atomic mass is 127. The summed E-state index contributed by atoms with van der Waals surface area (Å²) in [5.74, 6) is 0.910. The molecule has 0 aliphatic heterocycles. The van der Waals surface area contributed by atoms with Crippen molar-refractivity contribution in [1.82, 2.24) is 15.6 Å². The van der Waals surface area contributed by atoms with Gasteiger partial charge in [0.2, 0.25) is 0 Å². The van der Waals surface area contributed by atoms with Crippen molar-refractivity contribution in [3.8, 4) is 11.5 Å². The monoisotopic (exact) mass is 540 g/mol. The minimum absolute atomic E-state index is 0. The van der Waals surface area contributed by atoms with Gasteiger partial charge in [-0.3, -0.25) is 4.99 Å². The Morgan fingerprint density at radius 2 is 1.93 bits per heavy atom. The third-order valence-electron chi connectivity index (χ3n) is 3.70. The number of nitrogens with one attached hydrogen (secondary N) is 2. The normalized spacial score (nSPS) is 11.0. The zero-order valence-electron chi connectivity index (χ0n) is 16.1. The summed E-state index contributed by atoms with van der Waals surface area (Å²) in [5, 5.41) is 6.83. The van der Waals surface area contributed by atoms with Crippen LogP contribution in [0.3, 0.4) is 0 Å². The maximum Gasteiger partial charge on any atom is 0.387 e. The van der Waals surface area contributed by atoms with E-state index in [1.54, 1.807) is 38.4 Å². The lowest BCUT2D eigenvalue weighted by Gasteiger charge is -2.15. The molecule has 0 unspecified atom stereocenters. The first kappa shape index (κ1) is 25.2. The second-order valence-electron chi connectivity index (χ2n) is 5.68. The van der Waals surface area contributed by atoms with Crippen molar-refractivity contribution in [3.05, 3.63) is 52.8 Å². The Labute approximate surface area is 191 Å². The molecule has 0 saturated heterocycles. The maximum absolute atomic E-state index is 12.5. The van der Waals surface area contributed by atoms with E-state index in [0.29, 0.717) is 30.8 Å². The van der Waals surface area contributed by atoms with Crippen LogP contribution in [0.15, 0.2) is 41.5 Å². The fraction of sp³-hybridized carbons (Fsp3) is 0.368. The number of hydrogen-bond acceptors (Lipinski definition) is 4. The van der Waals surface area contributed by atoms with E-state index in [-0.39, 0.29) is 35.5 Å². The predicted molar refractivity (Wildman–Crippen MR) is 121 cm³/mol. The molecule has 0 radical (unpaired) electrons. The summed E-state index contributed by atoms with van der Waals surface area (Å²) in [5.41, 5.74) is 1.90. The smallest absolute Gasteiger partial charge is 0.387 e.